The Morgan fingerprint density at radius 2 is 1.87 bits per heavy atom. The summed E-state index contributed by atoms with van der Waals surface area (Å²) in [6, 6.07) is 4.33. The standard InChI is InChI=1S/C8H9F2N3O2/c9-7(10)15-6-3-1-5(2-4-6)13(12)8(11)14/h1-4,7H,12H2,(H2,11,14). The van der Waals surface area contributed by atoms with Crippen molar-refractivity contribution in [2.45, 2.75) is 6.61 Å². The van der Waals surface area contributed by atoms with E-state index in [9.17, 15) is 13.6 Å². The largest absolute Gasteiger partial charge is 0.435 e. The SMILES string of the molecule is NC(=O)N(N)c1ccc(OC(F)F)cc1. The molecule has 15 heavy (non-hydrogen) atoms. The first-order valence-electron chi connectivity index (χ1n) is 3.90. The molecule has 0 bridgehead atoms. The molecule has 0 unspecified atom stereocenters. The second kappa shape index (κ2) is 4.56. The van der Waals surface area contributed by atoms with Gasteiger partial charge in [-0.2, -0.15) is 8.78 Å². The third kappa shape index (κ3) is 3.06. The number of amides is 2. The summed E-state index contributed by atoms with van der Waals surface area (Å²) in [5.74, 6) is 5.24. The first-order valence-corrected chi connectivity index (χ1v) is 3.90. The maximum absolute atomic E-state index is 11.8. The number of primary amides is 1. The highest BCUT2D eigenvalue weighted by Gasteiger charge is 2.08. The average molecular weight is 217 g/mol. The van der Waals surface area contributed by atoms with Crippen LogP contribution in [0.3, 0.4) is 0 Å². The highest BCUT2D eigenvalue weighted by molar-refractivity contribution is 5.89. The second-order valence-corrected chi connectivity index (χ2v) is 2.58. The molecular formula is C8H9F2N3O2. The highest BCUT2D eigenvalue weighted by atomic mass is 19.3. The number of anilines is 1. The van der Waals surface area contributed by atoms with E-state index in [1.807, 2.05) is 0 Å². The van der Waals surface area contributed by atoms with Crippen LogP contribution in [-0.4, -0.2) is 12.6 Å². The Labute approximate surface area is 84.2 Å². The van der Waals surface area contributed by atoms with Gasteiger partial charge in [0.2, 0.25) is 0 Å². The molecule has 1 rings (SSSR count). The normalized spacial score (nSPS) is 10.1. The van der Waals surface area contributed by atoms with Crippen LogP contribution < -0.4 is 21.3 Å². The predicted molar refractivity (Wildman–Crippen MR) is 49.3 cm³/mol. The number of ether oxygens (including phenoxy) is 1. The second-order valence-electron chi connectivity index (χ2n) is 2.58. The van der Waals surface area contributed by atoms with E-state index in [1.54, 1.807) is 0 Å². The Kier molecular flexibility index (Phi) is 3.40. The van der Waals surface area contributed by atoms with Crippen LogP contribution in [0.2, 0.25) is 0 Å². The van der Waals surface area contributed by atoms with Gasteiger partial charge in [-0.05, 0) is 24.3 Å². The summed E-state index contributed by atoms with van der Waals surface area (Å²) in [5.41, 5.74) is 5.18. The van der Waals surface area contributed by atoms with Gasteiger partial charge in [0, 0.05) is 0 Å². The molecule has 0 aliphatic rings. The minimum absolute atomic E-state index is 0.0216. The van der Waals surface area contributed by atoms with Gasteiger partial charge in [0.25, 0.3) is 0 Å². The lowest BCUT2D eigenvalue weighted by molar-refractivity contribution is -0.0498. The molecule has 0 saturated heterocycles. The number of alkyl halides is 2. The van der Waals surface area contributed by atoms with Crippen molar-refractivity contribution < 1.29 is 18.3 Å². The quantitative estimate of drug-likeness (QED) is 0.451. The number of urea groups is 1. The highest BCUT2D eigenvalue weighted by Crippen LogP contribution is 2.18. The first-order chi connectivity index (χ1) is 7.00. The fourth-order valence-electron chi connectivity index (χ4n) is 0.915. The van der Waals surface area contributed by atoms with Crippen molar-refractivity contribution in [2.75, 3.05) is 5.01 Å². The number of carbonyl (C=O) groups excluding carboxylic acids is 1. The van der Waals surface area contributed by atoms with Gasteiger partial charge < -0.3 is 10.5 Å². The summed E-state index contributed by atoms with van der Waals surface area (Å²) >= 11 is 0. The number of carbonyl (C=O) groups is 1. The van der Waals surface area contributed by atoms with Crippen LogP contribution in [0.15, 0.2) is 24.3 Å². The van der Waals surface area contributed by atoms with Crippen molar-refractivity contribution >= 4 is 11.7 Å². The molecule has 0 atom stereocenters. The molecule has 82 valence electrons. The lowest BCUT2D eigenvalue weighted by atomic mass is 10.3. The maximum Gasteiger partial charge on any atom is 0.387 e. The van der Waals surface area contributed by atoms with E-state index in [-0.39, 0.29) is 11.4 Å². The molecular weight excluding hydrogens is 208 g/mol. The van der Waals surface area contributed by atoms with Gasteiger partial charge in [-0.3, -0.25) is 0 Å². The van der Waals surface area contributed by atoms with Gasteiger partial charge in [0.1, 0.15) is 5.75 Å². The van der Waals surface area contributed by atoms with Crippen molar-refractivity contribution in [3.63, 3.8) is 0 Å². The maximum atomic E-state index is 11.8. The molecule has 0 spiro atoms. The Balaban J connectivity index is 2.76. The zero-order valence-electron chi connectivity index (χ0n) is 7.56. The van der Waals surface area contributed by atoms with Gasteiger partial charge in [-0.25, -0.2) is 15.6 Å². The monoisotopic (exact) mass is 217 g/mol. The van der Waals surface area contributed by atoms with Gasteiger partial charge in [0.05, 0.1) is 5.69 Å². The van der Waals surface area contributed by atoms with Crippen molar-refractivity contribution in [3.8, 4) is 5.75 Å². The van der Waals surface area contributed by atoms with Gasteiger partial charge in [0.15, 0.2) is 0 Å². The first kappa shape index (κ1) is 11.2. The van der Waals surface area contributed by atoms with Crippen LogP contribution in [0.5, 0.6) is 5.75 Å². The molecule has 0 aliphatic carbocycles. The van der Waals surface area contributed by atoms with Crippen molar-refractivity contribution in [1.82, 2.24) is 0 Å². The number of benzene rings is 1. The smallest absolute Gasteiger partial charge is 0.387 e. The summed E-state index contributed by atoms with van der Waals surface area (Å²) < 4.78 is 27.7. The topological polar surface area (TPSA) is 81.6 Å². The number of nitrogens with two attached hydrogens (primary N) is 2. The molecule has 4 N–H and O–H groups in total. The van der Waals surface area contributed by atoms with Gasteiger partial charge >= 0.3 is 12.6 Å². The summed E-state index contributed by atoms with van der Waals surface area (Å²) in [6.45, 7) is -2.89. The molecule has 0 fully saturated rings. The summed E-state index contributed by atoms with van der Waals surface area (Å²) in [4.78, 5) is 10.6. The molecule has 0 aromatic heterocycles. The summed E-state index contributed by atoms with van der Waals surface area (Å²) in [6.07, 6.45) is 0. The summed E-state index contributed by atoms with van der Waals surface area (Å²) in [5, 5.41) is 0.687. The van der Waals surface area contributed by atoms with Crippen LogP contribution in [0.4, 0.5) is 19.3 Å². The molecule has 1 aromatic carbocycles. The molecule has 0 radical (unpaired) electrons. The zero-order valence-corrected chi connectivity index (χ0v) is 7.56. The third-order valence-electron chi connectivity index (χ3n) is 1.58. The minimum atomic E-state index is -2.89. The molecule has 2 amide bonds. The molecule has 7 heteroatoms. The van der Waals surface area contributed by atoms with Crippen molar-refractivity contribution in [3.05, 3.63) is 24.3 Å². The molecule has 0 saturated carbocycles. The van der Waals surface area contributed by atoms with Crippen LogP contribution in [0, 0.1) is 0 Å². The number of halogens is 2. The fourth-order valence-corrected chi connectivity index (χ4v) is 0.915. The van der Waals surface area contributed by atoms with Crippen molar-refractivity contribution in [2.24, 2.45) is 11.6 Å². The Bertz CT molecular complexity index is 342. The Hall–Kier alpha value is -1.89. The number of hydrogen-bond donors (Lipinski definition) is 2. The lowest BCUT2D eigenvalue weighted by Crippen LogP contribution is -2.41. The molecule has 0 aliphatic heterocycles. The third-order valence-corrected chi connectivity index (χ3v) is 1.58. The van der Waals surface area contributed by atoms with Gasteiger partial charge in [-0.1, -0.05) is 0 Å². The van der Waals surface area contributed by atoms with Crippen LogP contribution in [0.25, 0.3) is 0 Å². The van der Waals surface area contributed by atoms with E-state index in [4.69, 9.17) is 11.6 Å². The number of nitrogens with zero attached hydrogens (tertiary/aromatic N) is 1. The van der Waals surface area contributed by atoms with E-state index in [1.165, 1.54) is 24.3 Å². The van der Waals surface area contributed by atoms with E-state index >= 15 is 0 Å². The van der Waals surface area contributed by atoms with Gasteiger partial charge in [-0.15, -0.1) is 0 Å². The fraction of sp³-hybridized carbons (Fsp3) is 0.125. The van der Waals surface area contributed by atoms with E-state index in [0.29, 0.717) is 5.01 Å². The molecule has 5 nitrogen and oxygen atoms in total. The minimum Gasteiger partial charge on any atom is -0.435 e. The number of hydrogen-bond acceptors (Lipinski definition) is 3. The van der Waals surface area contributed by atoms with E-state index in [0.717, 1.165) is 0 Å². The molecule has 1 aromatic rings. The van der Waals surface area contributed by atoms with E-state index < -0.39 is 12.6 Å². The average Bonchev–Trinajstić information content (AvgIpc) is 2.17. The van der Waals surface area contributed by atoms with Crippen LogP contribution in [-0.2, 0) is 0 Å². The molecule has 0 heterocycles. The number of rotatable bonds is 3. The summed E-state index contributed by atoms with van der Waals surface area (Å²) in [7, 11) is 0. The van der Waals surface area contributed by atoms with Crippen LogP contribution >= 0.6 is 0 Å². The Morgan fingerprint density at radius 3 is 2.27 bits per heavy atom. The predicted octanol–water partition coefficient (Wildman–Crippen LogP) is 1.05. The zero-order chi connectivity index (χ0) is 11.4. The van der Waals surface area contributed by atoms with Crippen LogP contribution in [0.1, 0.15) is 0 Å². The van der Waals surface area contributed by atoms with Crippen molar-refractivity contribution in [1.29, 1.82) is 0 Å². The van der Waals surface area contributed by atoms with E-state index in [2.05, 4.69) is 4.74 Å². The Morgan fingerprint density at radius 1 is 1.33 bits per heavy atom. The lowest BCUT2D eigenvalue weighted by Gasteiger charge is -2.13. The number of hydrazine groups is 1.